The molecule has 8 heteroatoms. The summed E-state index contributed by atoms with van der Waals surface area (Å²) in [7, 11) is 0. The van der Waals surface area contributed by atoms with Crippen LogP contribution in [0.1, 0.15) is 27.5 Å². The van der Waals surface area contributed by atoms with E-state index in [4.69, 9.17) is 4.42 Å². The first-order valence-electron chi connectivity index (χ1n) is 6.38. The second-order valence-corrected chi connectivity index (χ2v) is 4.42. The number of rotatable bonds is 5. The van der Waals surface area contributed by atoms with Crippen molar-refractivity contribution >= 4 is 11.5 Å². The van der Waals surface area contributed by atoms with Crippen molar-refractivity contribution in [2.24, 2.45) is 0 Å². The highest BCUT2D eigenvalue weighted by atomic mass is 16.3. The lowest BCUT2D eigenvalue weighted by molar-refractivity contribution is 0.103. The Hall–Kier alpha value is -3.29. The van der Waals surface area contributed by atoms with Gasteiger partial charge in [-0.3, -0.25) is 9.78 Å². The number of aliphatic hydroxyl groups is 1. The summed E-state index contributed by atoms with van der Waals surface area (Å²) in [4.78, 5) is 15.8. The van der Waals surface area contributed by atoms with Crippen LogP contribution in [0.5, 0.6) is 0 Å². The van der Waals surface area contributed by atoms with Crippen molar-refractivity contribution in [2.45, 2.75) is 6.42 Å². The Morgan fingerprint density at radius 2 is 2.14 bits per heavy atom. The van der Waals surface area contributed by atoms with E-state index in [0.29, 0.717) is 17.7 Å². The maximum atomic E-state index is 11.8. The van der Waals surface area contributed by atoms with E-state index in [1.54, 1.807) is 18.5 Å². The number of H-pyrrole nitrogens is 1. The number of nitrogens with one attached hydrogen (secondary N) is 1. The molecule has 22 heavy (non-hydrogen) atoms. The van der Waals surface area contributed by atoms with Crippen LogP contribution in [0.4, 0.5) is 0 Å². The van der Waals surface area contributed by atoms with Crippen LogP contribution in [0.15, 0.2) is 47.3 Å². The van der Waals surface area contributed by atoms with Gasteiger partial charge in [-0.25, -0.2) is 0 Å². The number of allylic oxidation sites excluding steroid dienone is 1. The molecule has 0 fully saturated rings. The Morgan fingerprint density at radius 3 is 2.86 bits per heavy atom. The Bertz CT molecular complexity index is 793. The second-order valence-electron chi connectivity index (χ2n) is 4.42. The van der Waals surface area contributed by atoms with Crippen molar-refractivity contribution in [2.75, 3.05) is 0 Å². The van der Waals surface area contributed by atoms with Crippen molar-refractivity contribution in [3.63, 3.8) is 0 Å². The number of aromatic amines is 1. The molecule has 3 heterocycles. The molecular formula is C14H11N5O3. The van der Waals surface area contributed by atoms with Crippen molar-refractivity contribution in [1.82, 2.24) is 25.6 Å². The molecule has 0 amide bonds. The summed E-state index contributed by atoms with van der Waals surface area (Å²) in [6.45, 7) is 0. The minimum atomic E-state index is -0.553. The number of carbonyl (C=O) groups is 1. The van der Waals surface area contributed by atoms with Crippen molar-refractivity contribution in [1.29, 1.82) is 0 Å². The Balaban J connectivity index is 1.83. The van der Waals surface area contributed by atoms with Crippen molar-refractivity contribution < 1.29 is 14.3 Å². The van der Waals surface area contributed by atoms with Crippen molar-refractivity contribution in [3.05, 3.63) is 65.6 Å². The summed E-state index contributed by atoms with van der Waals surface area (Å²) >= 11 is 0. The molecule has 0 saturated carbocycles. The molecule has 3 aromatic heterocycles. The zero-order valence-corrected chi connectivity index (χ0v) is 11.3. The fourth-order valence-electron chi connectivity index (χ4n) is 1.92. The largest absolute Gasteiger partial charge is 0.507 e. The highest BCUT2D eigenvalue weighted by Crippen LogP contribution is 2.21. The molecule has 0 atom stereocenters. The van der Waals surface area contributed by atoms with E-state index in [9.17, 15) is 9.90 Å². The van der Waals surface area contributed by atoms with Gasteiger partial charge in [0.15, 0.2) is 0 Å². The average molecular weight is 297 g/mol. The number of furan rings is 1. The lowest BCUT2D eigenvalue weighted by Crippen LogP contribution is -2.00. The predicted octanol–water partition coefficient (Wildman–Crippen LogP) is 1.56. The lowest BCUT2D eigenvalue weighted by Gasteiger charge is -2.02. The van der Waals surface area contributed by atoms with Gasteiger partial charge in [-0.05, 0) is 29.0 Å². The Kier molecular flexibility index (Phi) is 3.73. The third kappa shape index (κ3) is 2.90. The molecule has 3 aromatic rings. The number of hydrogen-bond acceptors (Lipinski definition) is 7. The summed E-state index contributed by atoms with van der Waals surface area (Å²) in [5.74, 6) is -0.346. The van der Waals surface area contributed by atoms with Crippen LogP contribution in [0.25, 0.3) is 5.76 Å². The first-order chi connectivity index (χ1) is 10.7. The van der Waals surface area contributed by atoms with Crippen LogP contribution >= 0.6 is 0 Å². The molecule has 0 saturated heterocycles. The SMILES string of the molecule is O=C(C=C(O)c1ccoc1Cc1ccncc1)c1nn[nH]n1. The van der Waals surface area contributed by atoms with Gasteiger partial charge in [0.1, 0.15) is 11.5 Å². The maximum Gasteiger partial charge on any atom is 0.244 e. The van der Waals surface area contributed by atoms with E-state index in [1.807, 2.05) is 12.1 Å². The van der Waals surface area contributed by atoms with E-state index in [-0.39, 0.29) is 11.6 Å². The van der Waals surface area contributed by atoms with Crippen LogP contribution in [-0.4, -0.2) is 36.5 Å². The monoisotopic (exact) mass is 297 g/mol. The smallest absolute Gasteiger partial charge is 0.244 e. The quantitative estimate of drug-likeness (QED) is 0.417. The average Bonchev–Trinajstić information content (AvgIpc) is 3.19. The molecule has 0 radical (unpaired) electrons. The molecule has 0 aliphatic heterocycles. The Labute approximate surface area is 124 Å². The number of nitrogens with zero attached hydrogens (tertiary/aromatic N) is 4. The molecule has 3 rings (SSSR count). The third-order valence-corrected chi connectivity index (χ3v) is 2.97. The van der Waals surface area contributed by atoms with Gasteiger partial charge in [-0.1, -0.05) is 0 Å². The molecule has 0 spiro atoms. The molecule has 2 N–H and O–H groups in total. The van der Waals surface area contributed by atoms with E-state index >= 15 is 0 Å². The van der Waals surface area contributed by atoms with Crippen LogP contribution in [0, 0.1) is 0 Å². The van der Waals surface area contributed by atoms with Gasteiger partial charge >= 0.3 is 0 Å². The molecule has 0 aliphatic carbocycles. The summed E-state index contributed by atoms with van der Waals surface area (Å²) in [5.41, 5.74) is 1.41. The van der Waals surface area contributed by atoms with Gasteiger partial charge in [0, 0.05) is 24.9 Å². The zero-order valence-electron chi connectivity index (χ0n) is 11.3. The summed E-state index contributed by atoms with van der Waals surface area (Å²) in [6.07, 6.45) is 6.31. The molecule has 8 nitrogen and oxygen atoms in total. The molecule has 110 valence electrons. The van der Waals surface area contributed by atoms with E-state index < -0.39 is 5.78 Å². The number of pyridine rings is 1. The van der Waals surface area contributed by atoms with Gasteiger partial charge < -0.3 is 9.52 Å². The first-order valence-corrected chi connectivity index (χ1v) is 6.38. The first kappa shape index (κ1) is 13.7. The fourth-order valence-corrected chi connectivity index (χ4v) is 1.92. The second kappa shape index (κ2) is 6.00. The molecule has 0 aromatic carbocycles. The molecule has 0 aliphatic rings. The third-order valence-electron chi connectivity index (χ3n) is 2.97. The minimum Gasteiger partial charge on any atom is -0.507 e. The van der Waals surface area contributed by atoms with Gasteiger partial charge in [0.25, 0.3) is 0 Å². The van der Waals surface area contributed by atoms with E-state index in [1.165, 1.54) is 6.26 Å². The molecular weight excluding hydrogens is 286 g/mol. The summed E-state index contributed by atoms with van der Waals surface area (Å²) in [5, 5.41) is 22.7. The number of aromatic nitrogens is 5. The van der Waals surface area contributed by atoms with Gasteiger partial charge in [-0.15, -0.1) is 10.2 Å². The zero-order chi connectivity index (χ0) is 15.4. The normalized spacial score (nSPS) is 11.5. The van der Waals surface area contributed by atoms with Crippen LogP contribution in [0.3, 0.4) is 0 Å². The van der Waals surface area contributed by atoms with Crippen molar-refractivity contribution in [3.8, 4) is 0 Å². The number of ketones is 1. The minimum absolute atomic E-state index is 0.120. The number of carbonyl (C=O) groups excluding carboxylic acids is 1. The topological polar surface area (TPSA) is 118 Å². The maximum absolute atomic E-state index is 11.8. The fraction of sp³-hybridized carbons (Fsp3) is 0.0714. The van der Waals surface area contributed by atoms with E-state index in [2.05, 4.69) is 25.6 Å². The summed E-state index contributed by atoms with van der Waals surface area (Å²) in [6, 6.07) is 5.28. The van der Waals surface area contributed by atoms with Crippen LogP contribution in [0.2, 0.25) is 0 Å². The van der Waals surface area contributed by atoms with Gasteiger partial charge in [0.2, 0.25) is 11.6 Å². The lowest BCUT2D eigenvalue weighted by atomic mass is 10.1. The van der Waals surface area contributed by atoms with Crippen LogP contribution in [-0.2, 0) is 6.42 Å². The van der Waals surface area contributed by atoms with Gasteiger partial charge in [-0.2, -0.15) is 5.21 Å². The van der Waals surface area contributed by atoms with E-state index in [0.717, 1.165) is 11.6 Å². The number of aliphatic hydroxyl groups excluding tert-OH is 1. The number of tetrazole rings is 1. The highest BCUT2D eigenvalue weighted by Gasteiger charge is 2.15. The van der Waals surface area contributed by atoms with Crippen LogP contribution < -0.4 is 0 Å². The number of hydrogen-bond donors (Lipinski definition) is 2. The van der Waals surface area contributed by atoms with Gasteiger partial charge in [0.05, 0.1) is 11.8 Å². The molecule has 0 bridgehead atoms. The summed E-state index contributed by atoms with van der Waals surface area (Å²) < 4.78 is 5.38. The molecule has 0 unspecified atom stereocenters. The predicted molar refractivity (Wildman–Crippen MR) is 74.9 cm³/mol. The Morgan fingerprint density at radius 1 is 1.32 bits per heavy atom. The standard InChI is InChI=1S/C14H11N5O3/c20-11(8-12(21)14-16-18-19-17-14)10-3-6-22-13(10)7-9-1-4-15-5-2-9/h1-6,8,20H,7H2,(H,16,17,18,19). The highest BCUT2D eigenvalue weighted by molar-refractivity contribution is 6.05.